The van der Waals surface area contributed by atoms with Crippen molar-refractivity contribution in [3.63, 3.8) is 0 Å². The third-order valence-electron chi connectivity index (χ3n) is 1.61. The Morgan fingerprint density at radius 3 is 2.93 bits per heavy atom. The van der Waals surface area contributed by atoms with Crippen LogP contribution in [0.1, 0.15) is 5.56 Å². The Morgan fingerprint density at radius 2 is 2.27 bits per heavy atom. The molecule has 2 rings (SSSR count). The summed E-state index contributed by atoms with van der Waals surface area (Å²) in [7, 11) is 0. The number of rotatable bonds is 3. The summed E-state index contributed by atoms with van der Waals surface area (Å²) in [5.74, 6) is 0. The van der Waals surface area contributed by atoms with Gasteiger partial charge >= 0.3 is 0 Å². The average Bonchev–Trinajstić information content (AvgIpc) is 2.71. The summed E-state index contributed by atoms with van der Waals surface area (Å²) in [5, 5.41) is 11.9. The molecule has 78 valence electrons. The molecule has 0 saturated heterocycles. The number of aliphatic hydroxyl groups excluding tert-OH is 1. The summed E-state index contributed by atoms with van der Waals surface area (Å²) < 4.78 is 0.861. The SMILES string of the molecule is OCc1c(Cl)ncnc1Sc1nccs1. The molecule has 2 aromatic heterocycles. The van der Waals surface area contributed by atoms with Crippen molar-refractivity contribution in [1.82, 2.24) is 15.0 Å². The second-order valence-electron chi connectivity index (χ2n) is 2.51. The van der Waals surface area contributed by atoms with Gasteiger partial charge in [0.05, 0.1) is 6.61 Å². The van der Waals surface area contributed by atoms with Crippen LogP contribution in [0.3, 0.4) is 0 Å². The molecule has 0 bridgehead atoms. The van der Waals surface area contributed by atoms with Gasteiger partial charge in [-0.3, -0.25) is 0 Å². The van der Waals surface area contributed by atoms with Crippen molar-refractivity contribution in [3.05, 3.63) is 28.6 Å². The second-order valence-corrected chi connectivity index (χ2v) is 4.99. The van der Waals surface area contributed by atoms with Gasteiger partial charge in [-0.25, -0.2) is 15.0 Å². The number of nitrogens with zero attached hydrogens (tertiary/aromatic N) is 3. The average molecular weight is 260 g/mol. The smallest absolute Gasteiger partial charge is 0.156 e. The zero-order chi connectivity index (χ0) is 10.7. The summed E-state index contributed by atoms with van der Waals surface area (Å²) in [6.45, 7) is -0.173. The molecule has 2 aromatic rings. The summed E-state index contributed by atoms with van der Waals surface area (Å²) in [6.07, 6.45) is 3.09. The molecule has 4 nitrogen and oxygen atoms in total. The third-order valence-corrected chi connectivity index (χ3v) is 3.86. The molecule has 0 aliphatic heterocycles. The minimum Gasteiger partial charge on any atom is -0.391 e. The van der Waals surface area contributed by atoms with Crippen LogP contribution in [0.4, 0.5) is 0 Å². The molecular weight excluding hydrogens is 254 g/mol. The van der Waals surface area contributed by atoms with Gasteiger partial charge in [0.2, 0.25) is 0 Å². The standard InChI is InChI=1S/C8H6ClN3OS2/c9-6-5(3-13)7(12-4-11-6)15-8-10-1-2-14-8/h1-2,4,13H,3H2. The van der Waals surface area contributed by atoms with Crippen molar-refractivity contribution in [1.29, 1.82) is 0 Å². The molecule has 1 N–H and O–H groups in total. The van der Waals surface area contributed by atoms with E-state index in [1.807, 2.05) is 5.38 Å². The van der Waals surface area contributed by atoms with Gasteiger partial charge in [0.25, 0.3) is 0 Å². The summed E-state index contributed by atoms with van der Waals surface area (Å²) in [5.41, 5.74) is 0.541. The Balaban J connectivity index is 2.32. The molecule has 0 radical (unpaired) electrons. The van der Waals surface area contributed by atoms with Gasteiger partial charge in [-0.15, -0.1) is 11.3 Å². The number of aliphatic hydroxyl groups is 1. The fourth-order valence-corrected chi connectivity index (χ4v) is 2.81. The molecule has 0 spiro atoms. The first kappa shape index (κ1) is 10.8. The van der Waals surface area contributed by atoms with Crippen LogP contribution < -0.4 is 0 Å². The molecule has 0 saturated carbocycles. The lowest BCUT2D eigenvalue weighted by molar-refractivity contribution is 0.277. The topological polar surface area (TPSA) is 58.9 Å². The van der Waals surface area contributed by atoms with Crippen LogP contribution in [-0.2, 0) is 6.61 Å². The van der Waals surface area contributed by atoms with E-state index in [4.69, 9.17) is 16.7 Å². The Bertz CT molecular complexity index is 449. The molecule has 15 heavy (non-hydrogen) atoms. The Hall–Kier alpha value is -0.690. The van der Waals surface area contributed by atoms with Gasteiger partial charge in [0.1, 0.15) is 16.5 Å². The molecule has 0 unspecified atom stereocenters. The van der Waals surface area contributed by atoms with E-state index in [1.54, 1.807) is 6.20 Å². The second kappa shape index (κ2) is 4.89. The maximum absolute atomic E-state index is 9.13. The minimum absolute atomic E-state index is 0.173. The monoisotopic (exact) mass is 259 g/mol. The predicted octanol–water partition coefficient (Wildman–Crippen LogP) is 2.23. The molecular formula is C8H6ClN3OS2. The summed E-state index contributed by atoms with van der Waals surface area (Å²) >= 11 is 8.71. The van der Waals surface area contributed by atoms with E-state index in [0.717, 1.165) is 4.34 Å². The predicted molar refractivity (Wildman–Crippen MR) is 59.2 cm³/mol. The van der Waals surface area contributed by atoms with E-state index in [-0.39, 0.29) is 11.8 Å². The van der Waals surface area contributed by atoms with Crippen LogP contribution in [0.25, 0.3) is 0 Å². The van der Waals surface area contributed by atoms with E-state index >= 15 is 0 Å². The van der Waals surface area contributed by atoms with Crippen LogP contribution in [-0.4, -0.2) is 20.1 Å². The van der Waals surface area contributed by atoms with Gasteiger partial charge in [0.15, 0.2) is 4.34 Å². The highest BCUT2D eigenvalue weighted by atomic mass is 35.5. The van der Waals surface area contributed by atoms with E-state index in [0.29, 0.717) is 10.6 Å². The molecule has 0 aromatic carbocycles. The van der Waals surface area contributed by atoms with E-state index in [2.05, 4.69) is 15.0 Å². The zero-order valence-corrected chi connectivity index (χ0v) is 9.81. The van der Waals surface area contributed by atoms with E-state index < -0.39 is 0 Å². The van der Waals surface area contributed by atoms with Crippen LogP contribution in [0.2, 0.25) is 5.15 Å². The molecule has 7 heteroatoms. The first-order valence-electron chi connectivity index (χ1n) is 3.99. The molecule has 0 amide bonds. The lowest BCUT2D eigenvalue weighted by Gasteiger charge is -2.04. The fraction of sp³-hybridized carbons (Fsp3) is 0.125. The van der Waals surface area contributed by atoms with Gasteiger partial charge < -0.3 is 5.11 Å². The van der Waals surface area contributed by atoms with Crippen molar-refractivity contribution < 1.29 is 5.11 Å². The van der Waals surface area contributed by atoms with Crippen LogP contribution in [0.5, 0.6) is 0 Å². The Labute approximate surface area is 99.4 Å². The Kier molecular flexibility index (Phi) is 3.53. The van der Waals surface area contributed by atoms with Crippen molar-refractivity contribution >= 4 is 34.7 Å². The Morgan fingerprint density at radius 1 is 1.40 bits per heavy atom. The minimum atomic E-state index is -0.173. The summed E-state index contributed by atoms with van der Waals surface area (Å²) in [4.78, 5) is 12.0. The van der Waals surface area contributed by atoms with Crippen LogP contribution in [0, 0.1) is 0 Å². The summed E-state index contributed by atoms with van der Waals surface area (Å²) in [6, 6.07) is 0. The van der Waals surface area contributed by atoms with Crippen molar-refractivity contribution in [2.75, 3.05) is 0 Å². The number of hydrogen-bond donors (Lipinski definition) is 1. The van der Waals surface area contributed by atoms with Crippen molar-refractivity contribution in [2.45, 2.75) is 16.0 Å². The van der Waals surface area contributed by atoms with Crippen LogP contribution in [0.15, 0.2) is 27.3 Å². The van der Waals surface area contributed by atoms with Crippen molar-refractivity contribution in [3.8, 4) is 0 Å². The zero-order valence-electron chi connectivity index (χ0n) is 7.42. The number of hydrogen-bond acceptors (Lipinski definition) is 6. The molecule has 0 aliphatic carbocycles. The quantitative estimate of drug-likeness (QED) is 0.857. The highest BCUT2D eigenvalue weighted by molar-refractivity contribution is 8.01. The van der Waals surface area contributed by atoms with Gasteiger partial charge in [-0.1, -0.05) is 11.6 Å². The van der Waals surface area contributed by atoms with Gasteiger partial charge in [0, 0.05) is 17.1 Å². The molecule has 0 aliphatic rings. The molecule has 0 fully saturated rings. The first-order valence-corrected chi connectivity index (χ1v) is 6.06. The van der Waals surface area contributed by atoms with Gasteiger partial charge in [-0.2, -0.15) is 0 Å². The van der Waals surface area contributed by atoms with E-state index in [1.165, 1.54) is 29.4 Å². The highest BCUT2D eigenvalue weighted by Crippen LogP contribution is 2.31. The van der Waals surface area contributed by atoms with Crippen LogP contribution >= 0.6 is 34.7 Å². The largest absolute Gasteiger partial charge is 0.391 e. The van der Waals surface area contributed by atoms with E-state index in [9.17, 15) is 0 Å². The normalized spacial score (nSPS) is 10.5. The lowest BCUT2D eigenvalue weighted by atomic mass is 10.4. The molecule has 2 heterocycles. The number of aromatic nitrogens is 3. The maximum atomic E-state index is 9.13. The first-order chi connectivity index (χ1) is 7.31. The number of thiazole rings is 1. The highest BCUT2D eigenvalue weighted by Gasteiger charge is 2.11. The van der Waals surface area contributed by atoms with Crippen molar-refractivity contribution in [2.24, 2.45) is 0 Å². The third kappa shape index (κ3) is 2.46. The molecule has 0 atom stereocenters. The maximum Gasteiger partial charge on any atom is 0.156 e. The fourth-order valence-electron chi connectivity index (χ4n) is 0.940. The lowest BCUT2D eigenvalue weighted by Crippen LogP contribution is -1.94. The van der Waals surface area contributed by atoms with Gasteiger partial charge in [-0.05, 0) is 11.8 Å². The number of halogens is 1.